The molecule has 0 bridgehead atoms. The molecular weight excluding hydrogens is 290 g/mol. The standard InChI is InChI=1S/C15H8F2N4O/c16-12-8-4-1-2-6-10(8)21(17)15(22)11(12)14-19-9-5-3-7-18-13(9)20-14/h1-7H,(H,18,19,20). The van der Waals surface area contributed by atoms with Crippen molar-refractivity contribution >= 4 is 22.1 Å². The summed E-state index contributed by atoms with van der Waals surface area (Å²) in [6.07, 6.45) is 1.52. The molecule has 1 aromatic carbocycles. The van der Waals surface area contributed by atoms with Gasteiger partial charge in [0.25, 0.3) is 5.56 Å². The van der Waals surface area contributed by atoms with E-state index in [4.69, 9.17) is 0 Å². The van der Waals surface area contributed by atoms with Crippen LogP contribution < -0.4 is 5.56 Å². The Labute approximate surface area is 121 Å². The first kappa shape index (κ1) is 12.6. The number of aromatic amines is 1. The van der Waals surface area contributed by atoms with Gasteiger partial charge in [-0.3, -0.25) is 4.79 Å². The Bertz CT molecular complexity index is 1050. The van der Waals surface area contributed by atoms with Gasteiger partial charge in [0.15, 0.2) is 5.65 Å². The molecule has 5 nitrogen and oxygen atoms in total. The number of H-pyrrole nitrogens is 1. The lowest BCUT2D eigenvalue weighted by Crippen LogP contribution is -2.19. The minimum Gasteiger partial charge on any atom is -0.336 e. The van der Waals surface area contributed by atoms with Crippen molar-refractivity contribution in [3.63, 3.8) is 0 Å². The van der Waals surface area contributed by atoms with Gasteiger partial charge in [0.2, 0.25) is 0 Å². The predicted octanol–water partition coefficient (Wildman–Crippen LogP) is 2.81. The number of imidazole rings is 1. The number of nitrogens with zero attached hydrogens (tertiary/aromatic N) is 3. The van der Waals surface area contributed by atoms with Crippen molar-refractivity contribution in [2.24, 2.45) is 0 Å². The molecule has 0 amide bonds. The van der Waals surface area contributed by atoms with Crippen molar-refractivity contribution in [3.05, 3.63) is 58.8 Å². The SMILES string of the molecule is O=c1c(-c2nc3ncccc3[nH]2)c(F)c2ccccc2n1F. The summed E-state index contributed by atoms with van der Waals surface area (Å²) in [5.74, 6) is -0.859. The Hall–Kier alpha value is -3.09. The van der Waals surface area contributed by atoms with E-state index in [2.05, 4.69) is 15.0 Å². The lowest BCUT2D eigenvalue weighted by molar-refractivity contribution is 0.369. The first-order chi connectivity index (χ1) is 10.7. The van der Waals surface area contributed by atoms with Gasteiger partial charge < -0.3 is 4.98 Å². The summed E-state index contributed by atoms with van der Waals surface area (Å²) in [5.41, 5.74) is -0.804. The maximum absolute atomic E-state index is 14.7. The molecule has 0 fully saturated rings. The van der Waals surface area contributed by atoms with Gasteiger partial charge in [0.1, 0.15) is 17.2 Å². The lowest BCUT2D eigenvalue weighted by atomic mass is 10.1. The summed E-state index contributed by atoms with van der Waals surface area (Å²) < 4.78 is 28.8. The molecule has 22 heavy (non-hydrogen) atoms. The average molecular weight is 298 g/mol. The largest absolute Gasteiger partial charge is 0.336 e. The fourth-order valence-corrected chi connectivity index (χ4v) is 2.44. The molecule has 3 aromatic heterocycles. The Morgan fingerprint density at radius 2 is 1.95 bits per heavy atom. The Morgan fingerprint density at radius 1 is 1.14 bits per heavy atom. The topological polar surface area (TPSA) is 63.6 Å². The third-order valence-electron chi connectivity index (χ3n) is 3.46. The van der Waals surface area contributed by atoms with Crippen LogP contribution in [0.4, 0.5) is 8.87 Å². The number of halogens is 2. The Morgan fingerprint density at radius 3 is 2.77 bits per heavy atom. The van der Waals surface area contributed by atoms with Gasteiger partial charge in [-0.2, -0.15) is 0 Å². The van der Waals surface area contributed by atoms with E-state index in [-0.39, 0.29) is 21.5 Å². The number of hydrogen-bond acceptors (Lipinski definition) is 3. The second-order valence-corrected chi connectivity index (χ2v) is 4.75. The highest BCUT2D eigenvalue weighted by Gasteiger charge is 2.21. The van der Waals surface area contributed by atoms with E-state index in [1.165, 1.54) is 24.4 Å². The molecule has 4 aromatic rings. The first-order valence-corrected chi connectivity index (χ1v) is 6.47. The van der Waals surface area contributed by atoms with Crippen LogP contribution in [0.5, 0.6) is 0 Å². The van der Waals surface area contributed by atoms with E-state index in [0.717, 1.165) is 0 Å². The van der Waals surface area contributed by atoms with Gasteiger partial charge >= 0.3 is 0 Å². The molecule has 0 spiro atoms. The minimum atomic E-state index is -1.10. The van der Waals surface area contributed by atoms with Crippen molar-refractivity contribution < 1.29 is 8.87 Å². The predicted molar refractivity (Wildman–Crippen MR) is 77.6 cm³/mol. The number of hydrogen-bond donors (Lipinski definition) is 1. The first-order valence-electron chi connectivity index (χ1n) is 6.47. The summed E-state index contributed by atoms with van der Waals surface area (Å²) in [6, 6.07) is 9.20. The number of fused-ring (bicyclic) bond motifs is 2. The quantitative estimate of drug-likeness (QED) is 0.587. The van der Waals surface area contributed by atoms with Crippen LogP contribution >= 0.6 is 0 Å². The molecule has 0 aliphatic heterocycles. The molecule has 3 heterocycles. The second kappa shape index (κ2) is 4.45. The number of rotatable bonds is 1. The summed E-state index contributed by atoms with van der Waals surface area (Å²) in [7, 11) is 0. The molecule has 0 saturated heterocycles. The normalized spacial score (nSPS) is 11.4. The van der Waals surface area contributed by atoms with Gasteiger partial charge in [0.05, 0.1) is 11.0 Å². The number of para-hydroxylation sites is 1. The van der Waals surface area contributed by atoms with Crippen molar-refractivity contribution in [3.8, 4) is 11.4 Å². The zero-order valence-corrected chi connectivity index (χ0v) is 11.0. The summed E-state index contributed by atoms with van der Waals surface area (Å²) in [4.78, 5) is 22.9. The van der Waals surface area contributed by atoms with Crippen LogP contribution in [0, 0.1) is 5.82 Å². The van der Waals surface area contributed by atoms with Gasteiger partial charge in [0, 0.05) is 11.6 Å². The summed E-state index contributed by atoms with van der Waals surface area (Å²) in [5, 5.41) is 0.00742. The molecule has 0 aliphatic carbocycles. The van der Waals surface area contributed by atoms with Gasteiger partial charge in [-0.1, -0.05) is 16.6 Å². The van der Waals surface area contributed by atoms with Gasteiger partial charge in [-0.05, 0) is 24.3 Å². The third-order valence-corrected chi connectivity index (χ3v) is 3.46. The summed E-state index contributed by atoms with van der Waals surface area (Å²) in [6.45, 7) is 0. The van der Waals surface area contributed by atoms with Crippen molar-refractivity contribution in [1.82, 2.24) is 19.7 Å². The molecule has 0 aliphatic rings. The number of pyridine rings is 2. The number of aromatic nitrogens is 4. The van der Waals surface area contributed by atoms with E-state index < -0.39 is 16.9 Å². The lowest BCUT2D eigenvalue weighted by Gasteiger charge is -2.06. The maximum atomic E-state index is 14.7. The van der Waals surface area contributed by atoms with E-state index in [1.54, 1.807) is 18.2 Å². The molecular formula is C15H8F2N4O. The molecule has 1 N–H and O–H groups in total. The third kappa shape index (κ3) is 1.65. The molecule has 0 atom stereocenters. The van der Waals surface area contributed by atoms with Crippen molar-refractivity contribution in [1.29, 1.82) is 0 Å². The molecule has 108 valence electrons. The van der Waals surface area contributed by atoms with Crippen molar-refractivity contribution in [2.75, 3.05) is 0 Å². The van der Waals surface area contributed by atoms with Crippen LogP contribution in [0.3, 0.4) is 0 Å². The molecule has 0 radical (unpaired) electrons. The highest BCUT2D eigenvalue weighted by Crippen LogP contribution is 2.25. The molecule has 0 saturated carbocycles. The highest BCUT2D eigenvalue weighted by molar-refractivity contribution is 5.85. The Kier molecular flexibility index (Phi) is 2.56. The highest BCUT2D eigenvalue weighted by atomic mass is 19.2. The molecule has 4 rings (SSSR count). The van der Waals surface area contributed by atoms with Crippen molar-refractivity contribution in [2.45, 2.75) is 0 Å². The van der Waals surface area contributed by atoms with Crippen LogP contribution in [-0.2, 0) is 0 Å². The number of benzene rings is 1. The van der Waals surface area contributed by atoms with Crippen LogP contribution in [0.2, 0.25) is 0 Å². The zero-order chi connectivity index (χ0) is 15.3. The smallest absolute Gasteiger partial charge is 0.293 e. The monoisotopic (exact) mass is 298 g/mol. The van der Waals surface area contributed by atoms with Crippen LogP contribution in [0.25, 0.3) is 33.5 Å². The van der Waals surface area contributed by atoms with Crippen LogP contribution in [0.15, 0.2) is 47.4 Å². The van der Waals surface area contributed by atoms with E-state index in [0.29, 0.717) is 11.2 Å². The molecule has 7 heteroatoms. The van der Waals surface area contributed by atoms with Crippen LogP contribution in [0.1, 0.15) is 0 Å². The minimum absolute atomic E-state index is 0.00742. The van der Waals surface area contributed by atoms with E-state index >= 15 is 0 Å². The average Bonchev–Trinajstić information content (AvgIpc) is 2.96. The molecule has 0 unspecified atom stereocenters. The van der Waals surface area contributed by atoms with Gasteiger partial charge in [-0.15, -0.1) is 4.79 Å². The van der Waals surface area contributed by atoms with E-state index in [9.17, 15) is 13.7 Å². The number of nitrogens with one attached hydrogen (secondary N) is 1. The van der Waals surface area contributed by atoms with E-state index in [1.807, 2.05) is 0 Å². The van der Waals surface area contributed by atoms with Gasteiger partial charge in [-0.25, -0.2) is 14.4 Å². The fourth-order valence-electron chi connectivity index (χ4n) is 2.44. The maximum Gasteiger partial charge on any atom is 0.293 e. The second-order valence-electron chi connectivity index (χ2n) is 4.75. The Balaban J connectivity index is 2.12. The van der Waals surface area contributed by atoms with Crippen LogP contribution in [-0.4, -0.2) is 19.7 Å². The zero-order valence-electron chi connectivity index (χ0n) is 11.0. The summed E-state index contributed by atoms with van der Waals surface area (Å²) >= 11 is 0. The fraction of sp³-hybridized carbons (Fsp3) is 0.